The number of hydrogen-bond acceptors (Lipinski definition) is 4. The van der Waals surface area contributed by atoms with Gasteiger partial charge in [0.1, 0.15) is 0 Å². The van der Waals surface area contributed by atoms with E-state index in [4.69, 9.17) is 10.2 Å². The van der Waals surface area contributed by atoms with Gasteiger partial charge in [-0.2, -0.15) is 0 Å². The van der Waals surface area contributed by atoms with Crippen molar-refractivity contribution in [2.75, 3.05) is 13.2 Å². The molecule has 0 bridgehead atoms. The van der Waals surface area contributed by atoms with Crippen molar-refractivity contribution in [3.63, 3.8) is 0 Å². The summed E-state index contributed by atoms with van der Waals surface area (Å²) in [5.41, 5.74) is 0. The Morgan fingerprint density at radius 2 is 1.00 bits per heavy atom. The molecule has 0 aliphatic carbocycles. The third kappa shape index (κ3) is 10.7. The molecule has 0 amide bonds. The van der Waals surface area contributed by atoms with Gasteiger partial charge in [-0.05, 0) is 19.3 Å². The van der Waals surface area contributed by atoms with Crippen LogP contribution in [0.4, 0.5) is 0 Å². The molecular weight excluding hydrogens is 220 g/mol. The van der Waals surface area contributed by atoms with Crippen molar-refractivity contribution in [1.82, 2.24) is 0 Å². The van der Waals surface area contributed by atoms with E-state index in [-0.39, 0.29) is 19.6 Å². The highest BCUT2D eigenvalue weighted by Gasteiger charge is 2.14. The quantitative estimate of drug-likeness (QED) is 0.391. The van der Waals surface area contributed by atoms with E-state index >= 15 is 0 Å². The summed E-state index contributed by atoms with van der Waals surface area (Å²) in [7, 11) is 0. The zero-order valence-electron chi connectivity index (χ0n) is 10.7. The van der Waals surface area contributed by atoms with Gasteiger partial charge >= 0.3 is 0 Å². The van der Waals surface area contributed by atoms with E-state index in [0.29, 0.717) is 6.42 Å². The monoisotopic (exact) mass is 248 g/mol. The molecule has 0 heterocycles. The van der Waals surface area contributed by atoms with Crippen molar-refractivity contribution in [3.05, 3.63) is 0 Å². The van der Waals surface area contributed by atoms with Gasteiger partial charge in [0.05, 0.1) is 12.2 Å². The lowest BCUT2D eigenvalue weighted by molar-refractivity contribution is -0.000106. The predicted octanol–water partition coefficient (Wildman–Crippen LogP) is 1.20. The fraction of sp³-hybridized carbons (Fsp3) is 1.00. The maximum absolute atomic E-state index is 9.53. The lowest BCUT2D eigenvalue weighted by Gasteiger charge is -2.16. The first-order chi connectivity index (χ1) is 8.22. The van der Waals surface area contributed by atoms with Gasteiger partial charge in [-0.1, -0.05) is 38.5 Å². The first-order valence-electron chi connectivity index (χ1n) is 6.80. The van der Waals surface area contributed by atoms with Gasteiger partial charge in [0.2, 0.25) is 0 Å². The van der Waals surface area contributed by atoms with E-state index in [2.05, 4.69) is 0 Å². The number of rotatable bonds is 12. The van der Waals surface area contributed by atoms with E-state index in [0.717, 1.165) is 38.5 Å². The Morgan fingerprint density at radius 3 is 1.53 bits per heavy atom. The van der Waals surface area contributed by atoms with E-state index < -0.39 is 12.2 Å². The summed E-state index contributed by atoms with van der Waals surface area (Å²) in [6.07, 6.45) is 6.84. The zero-order valence-corrected chi connectivity index (χ0v) is 10.7. The van der Waals surface area contributed by atoms with Gasteiger partial charge in [-0.3, -0.25) is 0 Å². The Morgan fingerprint density at radius 1 is 0.529 bits per heavy atom. The molecule has 0 saturated carbocycles. The Kier molecular flexibility index (Phi) is 12.2. The molecule has 0 spiro atoms. The molecule has 4 N–H and O–H groups in total. The molecule has 2 unspecified atom stereocenters. The SMILES string of the molecule is OCCCCCCCCCC(O)C(O)CCO. The summed E-state index contributed by atoms with van der Waals surface area (Å²) >= 11 is 0. The molecule has 0 aliphatic heterocycles. The summed E-state index contributed by atoms with van der Waals surface area (Å²) in [4.78, 5) is 0. The van der Waals surface area contributed by atoms with Crippen molar-refractivity contribution in [2.45, 2.75) is 70.0 Å². The molecule has 0 aliphatic rings. The van der Waals surface area contributed by atoms with Crippen LogP contribution in [0.2, 0.25) is 0 Å². The van der Waals surface area contributed by atoms with Gasteiger partial charge in [0, 0.05) is 13.2 Å². The second-order valence-corrected chi connectivity index (χ2v) is 4.63. The molecule has 0 radical (unpaired) electrons. The van der Waals surface area contributed by atoms with Gasteiger partial charge in [0.25, 0.3) is 0 Å². The molecule has 4 heteroatoms. The lowest BCUT2D eigenvalue weighted by atomic mass is 10.0. The van der Waals surface area contributed by atoms with Crippen LogP contribution < -0.4 is 0 Å². The van der Waals surface area contributed by atoms with Gasteiger partial charge < -0.3 is 20.4 Å². The van der Waals surface area contributed by atoms with Crippen LogP contribution in [0.15, 0.2) is 0 Å². The van der Waals surface area contributed by atoms with Crippen molar-refractivity contribution in [3.8, 4) is 0 Å². The number of unbranched alkanes of at least 4 members (excludes halogenated alkanes) is 6. The standard InChI is InChI=1S/C13H28O4/c14-10-7-5-3-1-2-4-6-8-12(16)13(17)9-11-15/h12-17H,1-11H2. The Balaban J connectivity index is 3.21. The molecule has 0 saturated heterocycles. The fourth-order valence-corrected chi connectivity index (χ4v) is 1.87. The van der Waals surface area contributed by atoms with E-state index in [1.54, 1.807) is 0 Å². The minimum atomic E-state index is -0.787. The smallest absolute Gasteiger partial charge is 0.0820 e. The highest BCUT2D eigenvalue weighted by atomic mass is 16.3. The Bertz CT molecular complexity index is 152. The molecule has 0 rings (SSSR count). The van der Waals surface area contributed by atoms with Crippen molar-refractivity contribution in [2.24, 2.45) is 0 Å². The lowest BCUT2D eigenvalue weighted by Crippen LogP contribution is -2.26. The van der Waals surface area contributed by atoms with Crippen LogP contribution in [0.25, 0.3) is 0 Å². The molecule has 2 atom stereocenters. The first-order valence-corrected chi connectivity index (χ1v) is 6.80. The molecule has 104 valence electrons. The first kappa shape index (κ1) is 16.8. The van der Waals surface area contributed by atoms with Gasteiger partial charge in [-0.25, -0.2) is 0 Å². The summed E-state index contributed by atoms with van der Waals surface area (Å²) < 4.78 is 0. The normalized spacial score (nSPS) is 14.8. The highest BCUT2D eigenvalue weighted by Crippen LogP contribution is 2.12. The summed E-state index contributed by atoms with van der Waals surface area (Å²) in [5.74, 6) is 0. The van der Waals surface area contributed by atoms with Crippen LogP contribution in [-0.4, -0.2) is 45.8 Å². The van der Waals surface area contributed by atoms with Gasteiger partial charge in [-0.15, -0.1) is 0 Å². The number of aliphatic hydroxyl groups excluding tert-OH is 4. The molecular formula is C13H28O4. The largest absolute Gasteiger partial charge is 0.396 e. The maximum atomic E-state index is 9.53. The van der Waals surface area contributed by atoms with Gasteiger partial charge in [0.15, 0.2) is 0 Å². The Hall–Kier alpha value is -0.160. The van der Waals surface area contributed by atoms with Crippen LogP contribution >= 0.6 is 0 Å². The van der Waals surface area contributed by atoms with Crippen LogP contribution in [0.5, 0.6) is 0 Å². The zero-order chi connectivity index (χ0) is 12.9. The molecule has 0 aromatic rings. The second-order valence-electron chi connectivity index (χ2n) is 4.63. The molecule has 0 aromatic heterocycles. The Labute approximate surface area is 104 Å². The van der Waals surface area contributed by atoms with Crippen LogP contribution in [0.1, 0.15) is 57.8 Å². The third-order valence-electron chi connectivity index (χ3n) is 3.03. The second kappa shape index (κ2) is 12.3. The fourth-order valence-electron chi connectivity index (χ4n) is 1.87. The van der Waals surface area contributed by atoms with Crippen LogP contribution in [0, 0.1) is 0 Å². The summed E-state index contributed by atoms with van der Waals surface area (Å²) in [5, 5.41) is 36.1. The topological polar surface area (TPSA) is 80.9 Å². The van der Waals surface area contributed by atoms with Crippen molar-refractivity contribution in [1.29, 1.82) is 0 Å². The predicted molar refractivity (Wildman–Crippen MR) is 67.7 cm³/mol. The minimum absolute atomic E-state index is 0.0803. The summed E-state index contributed by atoms with van der Waals surface area (Å²) in [6, 6.07) is 0. The van der Waals surface area contributed by atoms with E-state index in [1.165, 1.54) is 6.42 Å². The number of aliphatic hydroxyl groups is 4. The molecule has 17 heavy (non-hydrogen) atoms. The molecule has 0 fully saturated rings. The molecule has 4 nitrogen and oxygen atoms in total. The van der Waals surface area contributed by atoms with Crippen molar-refractivity contribution >= 4 is 0 Å². The maximum Gasteiger partial charge on any atom is 0.0820 e. The highest BCUT2D eigenvalue weighted by molar-refractivity contribution is 4.66. The van der Waals surface area contributed by atoms with E-state index in [9.17, 15) is 10.2 Å². The van der Waals surface area contributed by atoms with Crippen LogP contribution in [-0.2, 0) is 0 Å². The van der Waals surface area contributed by atoms with Crippen molar-refractivity contribution < 1.29 is 20.4 Å². The van der Waals surface area contributed by atoms with Crippen LogP contribution in [0.3, 0.4) is 0 Å². The number of hydrogen-bond donors (Lipinski definition) is 4. The molecule has 0 aromatic carbocycles. The minimum Gasteiger partial charge on any atom is -0.396 e. The van der Waals surface area contributed by atoms with E-state index in [1.807, 2.05) is 0 Å². The third-order valence-corrected chi connectivity index (χ3v) is 3.03. The average Bonchev–Trinajstić information content (AvgIpc) is 2.32. The summed E-state index contributed by atoms with van der Waals surface area (Å²) in [6.45, 7) is 0.206. The average molecular weight is 248 g/mol.